The maximum Gasteiger partial charge on any atom is 0.164 e. The lowest BCUT2D eigenvalue weighted by atomic mass is 10.0. The van der Waals surface area contributed by atoms with E-state index in [1.807, 2.05) is 72.8 Å². The molecule has 0 amide bonds. The Balaban J connectivity index is 1.11. The Kier molecular flexibility index (Phi) is 6.83. The Hall–Kier alpha value is -7.83. The van der Waals surface area contributed by atoms with Gasteiger partial charge in [-0.05, 0) is 60.7 Å². The number of hydrogen-bond donors (Lipinski definition) is 0. The molecule has 4 aromatic heterocycles. The number of nitrogens with zero attached hydrogens (tertiary/aromatic N) is 5. The van der Waals surface area contributed by atoms with Gasteiger partial charge in [0.1, 0.15) is 11.2 Å². The van der Waals surface area contributed by atoms with Crippen LogP contribution in [-0.4, -0.2) is 24.1 Å². The summed E-state index contributed by atoms with van der Waals surface area (Å²) in [6.07, 6.45) is 0. The van der Waals surface area contributed by atoms with Crippen molar-refractivity contribution >= 4 is 65.6 Å². The molecular formula is C51H31N5O. The summed E-state index contributed by atoms with van der Waals surface area (Å²) >= 11 is 0. The van der Waals surface area contributed by atoms with Gasteiger partial charge < -0.3 is 13.6 Å². The van der Waals surface area contributed by atoms with Gasteiger partial charge in [0.05, 0.1) is 22.1 Å². The van der Waals surface area contributed by atoms with Crippen LogP contribution in [-0.2, 0) is 0 Å². The number of aromatic nitrogens is 5. The van der Waals surface area contributed by atoms with Crippen molar-refractivity contribution in [3.8, 4) is 45.5 Å². The highest BCUT2D eigenvalue weighted by atomic mass is 16.3. The zero-order chi connectivity index (χ0) is 37.5. The van der Waals surface area contributed by atoms with Crippen molar-refractivity contribution in [3.63, 3.8) is 0 Å². The van der Waals surface area contributed by atoms with E-state index < -0.39 is 0 Å². The molecule has 0 saturated carbocycles. The van der Waals surface area contributed by atoms with Gasteiger partial charge in [-0.1, -0.05) is 127 Å². The third-order valence-electron chi connectivity index (χ3n) is 11.2. The molecule has 0 bridgehead atoms. The summed E-state index contributed by atoms with van der Waals surface area (Å²) in [6, 6.07) is 65.6. The minimum absolute atomic E-state index is 0.593. The molecule has 6 nitrogen and oxygen atoms in total. The highest BCUT2D eigenvalue weighted by Gasteiger charge is 2.21. The monoisotopic (exact) mass is 729 g/mol. The van der Waals surface area contributed by atoms with Gasteiger partial charge in [0.25, 0.3) is 0 Å². The van der Waals surface area contributed by atoms with E-state index >= 15 is 0 Å². The Morgan fingerprint density at radius 1 is 0.333 bits per heavy atom. The van der Waals surface area contributed by atoms with Crippen molar-refractivity contribution in [2.75, 3.05) is 0 Å². The van der Waals surface area contributed by atoms with Crippen LogP contribution in [0.4, 0.5) is 0 Å². The van der Waals surface area contributed by atoms with Gasteiger partial charge in [-0.15, -0.1) is 0 Å². The van der Waals surface area contributed by atoms with E-state index in [0.29, 0.717) is 17.5 Å². The lowest BCUT2D eigenvalue weighted by Gasteiger charge is -2.10. The second-order valence-electron chi connectivity index (χ2n) is 14.4. The molecule has 0 unspecified atom stereocenters. The normalized spacial score (nSPS) is 11.9. The minimum Gasteiger partial charge on any atom is -0.456 e. The van der Waals surface area contributed by atoms with Crippen LogP contribution < -0.4 is 0 Å². The first-order chi connectivity index (χ1) is 28.3. The van der Waals surface area contributed by atoms with Crippen molar-refractivity contribution < 1.29 is 4.42 Å². The Morgan fingerprint density at radius 2 is 0.860 bits per heavy atom. The highest BCUT2D eigenvalue weighted by molar-refractivity contribution is 6.19. The lowest BCUT2D eigenvalue weighted by Crippen LogP contribution is -2.00. The number of hydrogen-bond acceptors (Lipinski definition) is 4. The summed E-state index contributed by atoms with van der Waals surface area (Å²) in [6.45, 7) is 0. The van der Waals surface area contributed by atoms with Gasteiger partial charge in [-0.3, -0.25) is 0 Å². The summed E-state index contributed by atoms with van der Waals surface area (Å²) < 4.78 is 11.3. The Bertz CT molecular complexity index is 3450. The van der Waals surface area contributed by atoms with E-state index in [-0.39, 0.29) is 0 Å². The molecule has 12 aromatic rings. The maximum atomic E-state index is 6.56. The zero-order valence-electron chi connectivity index (χ0n) is 30.5. The van der Waals surface area contributed by atoms with E-state index in [4.69, 9.17) is 19.4 Å². The minimum atomic E-state index is 0.593. The van der Waals surface area contributed by atoms with Crippen molar-refractivity contribution in [3.05, 3.63) is 188 Å². The van der Waals surface area contributed by atoms with Crippen molar-refractivity contribution in [1.82, 2.24) is 24.1 Å². The SMILES string of the molecule is c1ccc(-c2nc(-c3ccccc3)nc(-c3cccc4oc5ccc(-n6c7ccccc7c7cc8c(cc76)c6ccccc6n8-c6ccccc6)cc5c34)n2)cc1. The number of furan rings is 1. The molecule has 0 atom stereocenters. The average Bonchev–Trinajstić information content (AvgIpc) is 3.93. The van der Waals surface area contributed by atoms with Crippen LogP contribution in [0.5, 0.6) is 0 Å². The second-order valence-corrected chi connectivity index (χ2v) is 14.4. The third-order valence-corrected chi connectivity index (χ3v) is 11.2. The van der Waals surface area contributed by atoms with Crippen LogP contribution in [0, 0.1) is 0 Å². The van der Waals surface area contributed by atoms with Crippen LogP contribution in [0.15, 0.2) is 192 Å². The van der Waals surface area contributed by atoms with Crippen molar-refractivity contribution in [2.24, 2.45) is 0 Å². The summed E-state index contributed by atoms with van der Waals surface area (Å²) in [4.78, 5) is 15.1. The molecule has 57 heavy (non-hydrogen) atoms. The summed E-state index contributed by atoms with van der Waals surface area (Å²) in [5.74, 6) is 1.83. The third kappa shape index (κ3) is 4.87. The van der Waals surface area contributed by atoms with Gasteiger partial charge in [-0.2, -0.15) is 0 Å². The Labute approximate surface area is 326 Å². The molecule has 0 fully saturated rings. The fourth-order valence-corrected chi connectivity index (χ4v) is 8.63. The number of para-hydroxylation sites is 3. The Morgan fingerprint density at radius 3 is 1.47 bits per heavy atom. The molecule has 0 N–H and O–H groups in total. The standard InChI is InChI=1S/C51H31N5O/c1-4-15-32(16-5-1)49-52-50(33-17-6-2-7-18-33)54-51(53-49)38-23-14-26-47-48(38)41-29-35(27-28-46(41)57-47)56-43-25-13-11-22-37(43)40-30-44-39(31-45(40)56)36-21-10-12-24-42(36)55(44)34-19-8-3-9-20-34/h1-31H. The molecule has 6 heteroatoms. The smallest absolute Gasteiger partial charge is 0.164 e. The fraction of sp³-hybridized carbons (Fsp3) is 0. The molecule has 266 valence electrons. The van der Waals surface area contributed by atoms with Crippen molar-refractivity contribution in [2.45, 2.75) is 0 Å². The summed E-state index contributed by atoms with van der Waals surface area (Å²) in [5, 5.41) is 6.79. The fourth-order valence-electron chi connectivity index (χ4n) is 8.63. The topological polar surface area (TPSA) is 61.7 Å². The van der Waals surface area contributed by atoms with E-state index in [1.165, 1.54) is 32.6 Å². The quantitative estimate of drug-likeness (QED) is 0.177. The molecule has 0 aliphatic heterocycles. The first-order valence-electron chi connectivity index (χ1n) is 19.1. The zero-order valence-corrected chi connectivity index (χ0v) is 30.5. The van der Waals surface area contributed by atoms with Gasteiger partial charge in [0.2, 0.25) is 0 Å². The molecule has 0 aliphatic rings. The molecular weight excluding hydrogens is 699 g/mol. The van der Waals surface area contributed by atoms with Gasteiger partial charge in [-0.25, -0.2) is 15.0 Å². The lowest BCUT2D eigenvalue weighted by molar-refractivity contribution is 0.669. The molecule has 8 aromatic carbocycles. The van der Waals surface area contributed by atoms with Crippen LogP contribution in [0.2, 0.25) is 0 Å². The molecule has 0 spiro atoms. The van der Waals surface area contributed by atoms with Gasteiger partial charge >= 0.3 is 0 Å². The largest absolute Gasteiger partial charge is 0.456 e. The molecule has 0 aliphatic carbocycles. The van der Waals surface area contributed by atoms with Crippen LogP contribution in [0.1, 0.15) is 0 Å². The highest BCUT2D eigenvalue weighted by Crippen LogP contribution is 2.42. The second kappa shape index (κ2) is 12.3. The maximum absolute atomic E-state index is 6.56. The number of fused-ring (bicyclic) bond motifs is 9. The number of rotatable bonds is 5. The van der Waals surface area contributed by atoms with E-state index in [2.05, 4.69) is 124 Å². The van der Waals surface area contributed by atoms with Crippen molar-refractivity contribution in [1.29, 1.82) is 0 Å². The molecule has 0 radical (unpaired) electrons. The van der Waals surface area contributed by atoms with E-state index in [0.717, 1.165) is 61.0 Å². The molecule has 4 heterocycles. The average molecular weight is 730 g/mol. The number of benzene rings is 8. The van der Waals surface area contributed by atoms with Gasteiger partial charge in [0.15, 0.2) is 17.5 Å². The predicted octanol–water partition coefficient (Wildman–Crippen LogP) is 13.0. The first-order valence-corrected chi connectivity index (χ1v) is 19.1. The molecule has 0 saturated heterocycles. The summed E-state index contributed by atoms with van der Waals surface area (Å²) in [7, 11) is 0. The first kappa shape index (κ1) is 31.5. The van der Waals surface area contributed by atoms with E-state index in [1.54, 1.807) is 0 Å². The van der Waals surface area contributed by atoms with Crippen LogP contribution >= 0.6 is 0 Å². The van der Waals surface area contributed by atoms with Crippen LogP contribution in [0.3, 0.4) is 0 Å². The van der Waals surface area contributed by atoms with Gasteiger partial charge in [0, 0.05) is 60.4 Å². The van der Waals surface area contributed by atoms with E-state index in [9.17, 15) is 0 Å². The summed E-state index contributed by atoms with van der Waals surface area (Å²) in [5.41, 5.74) is 11.2. The predicted molar refractivity (Wildman–Crippen MR) is 232 cm³/mol. The van der Waals surface area contributed by atoms with Crippen LogP contribution in [0.25, 0.3) is 111 Å². The molecule has 12 rings (SSSR count).